The molecule has 0 saturated carbocycles. The van der Waals surface area contributed by atoms with Crippen molar-refractivity contribution < 1.29 is 28.6 Å². The molecule has 0 heterocycles. The van der Waals surface area contributed by atoms with Crippen molar-refractivity contribution in [3.05, 3.63) is 0 Å². The molecule has 1 unspecified atom stereocenters. The Kier molecular flexibility index (Phi) is 35.0. The van der Waals surface area contributed by atoms with Crippen molar-refractivity contribution >= 4 is 17.9 Å². The third-order valence-corrected chi connectivity index (χ3v) is 8.86. The Labute approximate surface area is 285 Å². The van der Waals surface area contributed by atoms with Crippen LogP contribution in [0.5, 0.6) is 0 Å². The molecule has 0 aliphatic carbocycles. The number of unbranched alkanes of at least 4 members (excludes halogenated alkanes) is 25. The Balaban J connectivity index is 4.29. The lowest BCUT2D eigenvalue weighted by Crippen LogP contribution is -2.30. The van der Waals surface area contributed by atoms with E-state index in [1.165, 1.54) is 122 Å². The van der Waals surface area contributed by atoms with Gasteiger partial charge in [-0.2, -0.15) is 0 Å². The largest absolute Gasteiger partial charge is 0.462 e. The van der Waals surface area contributed by atoms with Gasteiger partial charge in [0.25, 0.3) is 0 Å². The first kappa shape index (κ1) is 44.4. The second-order valence-electron chi connectivity index (χ2n) is 13.6. The Morgan fingerprint density at radius 3 is 0.870 bits per heavy atom. The highest BCUT2D eigenvalue weighted by Gasteiger charge is 2.19. The van der Waals surface area contributed by atoms with Crippen molar-refractivity contribution in [2.24, 2.45) is 0 Å². The predicted octanol–water partition coefficient (Wildman–Crippen LogP) is 12.1. The Bertz CT molecular complexity index is 679. The predicted molar refractivity (Wildman–Crippen MR) is 192 cm³/mol. The van der Waals surface area contributed by atoms with Crippen LogP contribution in [0.15, 0.2) is 0 Å². The van der Waals surface area contributed by atoms with Crippen molar-refractivity contribution in [1.29, 1.82) is 0 Å². The van der Waals surface area contributed by atoms with Gasteiger partial charge in [-0.3, -0.25) is 14.4 Å². The van der Waals surface area contributed by atoms with Gasteiger partial charge in [0.2, 0.25) is 0 Å². The normalized spacial score (nSPS) is 11.8. The van der Waals surface area contributed by atoms with Gasteiger partial charge in [-0.1, -0.05) is 181 Å². The first-order valence-corrected chi connectivity index (χ1v) is 20.0. The van der Waals surface area contributed by atoms with Crippen LogP contribution in [0.3, 0.4) is 0 Å². The quantitative estimate of drug-likeness (QED) is 0.0381. The summed E-state index contributed by atoms with van der Waals surface area (Å²) < 4.78 is 16.6. The summed E-state index contributed by atoms with van der Waals surface area (Å²) in [7, 11) is 0. The summed E-state index contributed by atoms with van der Waals surface area (Å²) >= 11 is 0. The van der Waals surface area contributed by atoms with Crippen LogP contribution in [0.1, 0.15) is 220 Å². The first-order chi connectivity index (χ1) is 22.5. The summed E-state index contributed by atoms with van der Waals surface area (Å²) in [4.78, 5) is 37.3. The fourth-order valence-corrected chi connectivity index (χ4v) is 5.79. The number of carbonyl (C=O) groups is 3. The fraction of sp³-hybridized carbons (Fsp3) is 0.925. The minimum absolute atomic E-state index is 0.0642. The van der Waals surface area contributed by atoms with Crippen LogP contribution in [0.2, 0.25) is 0 Å². The fourth-order valence-electron chi connectivity index (χ4n) is 5.79. The average Bonchev–Trinajstić information content (AvgIpc) is 3.05. The third kappa shape index (κ3) is 33.8. The van der Waals surface area contributed by atoms with Gasteiger partial charge in [0.15, 0.2) is 6.10 Å². The lowest BCUT2D eigenvalue weighted by atomic mass is 10.0. The average molecular weight is 653 g/mol. The summed E-state index contributed by atoms with van der Waals surface area (Å²) in [6.45, 7) is 6.57. The lowest BCUT2D eigenvalue weighted by Gasteiger charge is -2.18. The Morgan fingerprint density at radius 1 is 0.348 bits per heavy atom. The number of carbonyl (C=O) groups excluding carboxylic acids is 3. The van der Waals surface area contributed by atoms with Crippen molar-refractivity contribution in [3.8, 4) is 0 Å². The van der Waals surface area contributed by atoms with E-state index >= 15 is 0 Å². The second-order valence-corrected chi connectivity index (χ2v) is 13.6. The minimum Gasteiger partial charge on any atom is -0.462 e. The molecule has 6 heteroatoms. The van der Waals surface area contributed by atoms with Gasteiger partial charge in [0.05, 0.1) is 0 Å². The van der Waals surface area contributed by atoms with E-state index in [2.05, 4.69) is 20.8 Å². The highest BCUT2D eigenvalue weighted by Crippen LogP contribution is 2.14. The van der Waals surface area contributed by atoms with Crippen LogP contribution in [0.25, 0.3) is 0 Å². The van der Waals surface area contributed by atoms with E-state index in [0.29, 0.717) is 19.3 Å². The number of rotatable bonds is 36. The third-order valence-electron chi connectivity index (χ3n) is 8.86. The monoisotopic (exact) mass is 653 g/mol. The Hall–Kier alpha value is -1.59. The number of ether oxygens (including phenoxy) is 3. The molecule has 0 aliphatic heterocycles. The van der Waals surface area contributed by atoms with Crippen molar-refractivity contribution in [1.82, 2.24) is 0 Å². The van der Waals surface area contributed by atoms with Gasteiger partial charge in [-0.15, -0.1) is 0 Å². The van der Waals surface area contributed by atoms with Gasteiger partial charge in [-0.05, 0) is 19.3 Å². The van der Waals surface area contributed by atoms with E-state index in [1.807, 2.05) is 0 Å². The zero-order valence-electron chi connectivity index (χ0n) is 30.9. The highest BCUT2D eigenvalue weighted by molar-refractivity contribution is 5.71. The molecule has 6 nitrogen and oxygen atoms in total. The van der Waals surface area contributed by atoms with E-state index in [-0.39, 0.29) is 31.1 Å². The molecular weight excluding hydrogens is 576 g/mol. The summed E-state index contributed by atoms with van der Waals surface area (Å²) in [6, 6.07) is 0. The number of hydrogen-bond donors (Lipinski definition) is 0. The van der Waals surface area contributed by atoms with E-state index < -0.39 is 6.10 Å². The summed E-state index contributed by atoms with van der Waals surface area (Å²) in [6.07, 6.45) is 33.8. The van der Waals surface area contributed by atoms with Gasteiger partial charge in [0, 0.05) is 19.3 Å². The van der Waals surface area contributed by atoms with Crippen LogP contribution in [0, 0.1) is 0 Å². The van der Waals surface area contributed by atoms with Crippen LogP contribution in [-0.2, 0) is 28.6 Å². The molecule has 0 radical (unpaired) electrons. The van der Waals surface area contributed by atoms with Gasteiger partial charge in [0.1, 0.15) is 13.2 Å². The van der Waals surface area contributed by atoms with Gasteiger partial charge < -0.3 is 14.2 Å². The summed E-state index contributed by atoms with van der Waals surface area (Å²) in [5, 5.41) is 0. The van der Waals surface area contributed by atoms with Crippen LogP contribution >= 0.6 is 0 Å². The molecule has 0 saturated heterocycles. The molecule has 272 valence electrons. The van der Waals surface area contributed by atoms with Crippen molar-refractivity contribution in [2.75, 3.05) is 13.2 Å². The first-order valence-electron chi connectivity index (χ1n) is 20.0. The molecule has 1 atom stereocenters. The van der Waals surface area contributed by atoms with Gasteiger partial charge in [-0.25, -0.2) is 0 Å². The molecule has 0 aliphatic rings. The highest BCUT2D eigenvalue weighted by atomic mass is 16.6. The van der Waals surface area contributed by atoms with E-state index in [4.69, 9.17) is 14.2 Å². The molecule has 0 aromatic rings. The van der Waals surface area contributed by atoms with Crippen LogP contribution in [0.4, 0.5) is 0 Å². The minimum atomic E-state index is -0.755. The zero-order chi connectivity index (χ0) is 33.8. The van der Waals surface area contributed by atoms with E-state index in [1.54, 1.807) is 0 Å². The number of esters is 3. The van der Waals surface area contributed by atoms with E-state index in [9.17, 15) is 14.4 Å². The molecule has 0 rings (SSSR count). The molecular formula is C40H76O6. The molecule has 0 bridgehead atoms. The van der Waals surface area contributed by atoms with Gasteiger partial charge >= 0.3 is 17.9 Å². The lowest BCUT2D eigenvalue weighted by molar-refractivity contribution is -0.167. The smallest absolute Gasteiger partial charge is 0.306 e. The standard InChI is InChI=1S/C40H76O6/c1-4-7-10-13-16-18-19-20-22-24-27-30-33-39(42)45-36-37(35-44-38(41)32-29-26-23-15-12-9-6-3)46-40(43)34-31-28-25-21-17-14-11-8-5-2/h37H,4-36H2,1-3H3. The maximum Gasteiger partial charge on any atom is 0.306 e. The molecule has 0 aromatic carbocycles. The number of hydrogen-bond acceptors (Lipinski definition) is 6. The van der Waals surface area contributed by atoms with Crippen LogP contribution in [-0.4, -0.2) is 37.2 Å². The molecule has 0 spiro atoms. The maximum atomic E-state index is 12.6. The Morgan fingerprint density at radius 2 is 0.587 bits per heavy atom. The summed E-state index contributed by atoms with van der Waals surface area (Å²) in [5.74, 6) is -0.870. The zero-order valence-corrected chi connectivity index (χ0v) is 30.9. The summed E-state index contributed by atoms with van der Waals surface area (Å²) in [5.41, 5.74) is 0. The second kappa shape index (κ2) is 36.2. The molecule has 0 amide bonds. The van der Waals surface area contributed by atoms with Crippen molar-refractivity contribution in [3.63, 3.8) is 0 Å². The molecule has 0 aromatic heterocycles. The van der Waals surface area contributed by atoms with E-state index in [0.717, 1.165) is 57.8 Å². The molecule has 0 N–H and O–H groups in total. The molecule has 46 heavy (non-hydrogen) atoms. The van der Waals surface area contributed by atoms with Crippen LogP contribution < -0.4 is 0 Å². The SMILES string of the molecule is CCCCCCCCCCCCCCC(=O)OCC(COC(=O)CCCCCCCCC)OC(=O)CCCCCCCCCCC. The van der Waals surface area contributed by atoms with Crippen molar-refractivity contribution in [2.45, 2.75) is 226 Å². The molecule has 0 fully saturated rings. The maximum absolute atomic E-state index is 12.6. The topological polar surface area (TPSA) is 78.9 Å².